The molecule has 20 aromatic carbocycles. The molecule has 714 valence electrons. The Morgan fingerprint density at radius 2 is 0.253 bits per heavy atom. The third kappa shape index (κ3) is 21.2. The molecular weight excluding hydrogens is 1890 g/mol. The number of hydrogen-bond acceptors (Lipinski definition) is 11. The third-order valence-electron chi connectivity index (χ3n) is 26.7. The van der Waals surface area contributed by atoms with Gasteiger partial charge in [0.1, 0.15) is 0 Å². The van der Waals surface area contributed by atoms with E-state index in [0.717, 1.165) is 72.3 Å². The summed E-state index contributed by atoms with van der Waals surface area (Å²) in [6, 6.07) is 188. The molecule has 0 unspecified atom stereocenters. The van der Waals surface area contributed by atoms with E-state index in [2.05, 4.69) is 289 Å². The van der Waals surface area contributed by atoms with Gasteiger partial charge in [0.25, 0.3) is 0 Å². The van der Waals surface area contributed by atoms with Gasteiger partial charge in [0.2, 0.25) is 0 Å². The van der Waals surface area contributed by atoms with E-state index in [0.29, 0.717) is 99.4 Å². The Labute approximate surface area is 873 Å². The van der Waals surface area contributed by atoms with Crippen LogP contribution in [0.15, 0.2) is 589 Å². The van der Waals surface area contributed by atoms with Crippen LogP contribution in [-0.2, 0) is 13.7 Å². The van der Waals surface area contributed by atoms with Crippen LogP contribution in [0.2, 0.25) is 0 Å². The van der Waals surface area contributed by atoms with E-state index in [-0.39, 0.29) is 0 Å². The van der Waals surface area contributed by atoms with Crippen LogP contribution in [0.1, 0.15) is 0 Å². The Hall–Kier alpha value is -18.6. The van der Waals surface area contributed by atoms with E-state index in [4.69, 9.17) is 29.9 Å². The molecule has 0 aliphatic heterocycles. The largest absolute Gasteiger partial charge is 0.309 e. The molecule has 0 aliphatic carbocycles. The fourth-order valence-electron chi connectivity index (χ4n) is 19.1. The van der Waals surface area contributed by atoms with Crippen molar-refractivity contribution in [2.24, 2.45) is 0 Å². The van der Waals surface area contributed by atoms with Gasteiger partial charge in [-0.05, 0) is 174 Å². The fraction of sp³-hybridized carbons (Fsp3) is 0. The summed E-state index contributed by atoms with van der Waals surface area (Å²) in [6.07, 6.45) is 7.46. The summed E-state index contributed by atoms with van der Waals surface area (Å²) < 4.78 is 46.8. The van der Waals surface area contributed by atoms with Gasteiger partial charge in [0.15, 0.2) is 56.4 Å². The van der Waals surface area contributed by atoms with E-state index < -0.39 is 21.4 Å². The van der Waals surface area contributed by atoms with E-state index >= 15 is 13.7 Å². The van der Waals surface area contributed by atoms with E-state index in [1.165, 1.54) is 44.5 Å². The average molecular weight is 1980 g/mol. The van der Waals surface area contributed by atoms with Gasteiger partial charge >= 0.3 is 0 Å². The van der Waals surface area contributed by atoms with E-state index in [9.17, 15) is 0 Å². The molecule has 150 heavy (non-hydrogen) atoms. The van der Waals surface area contributed by atoms with Gasteiger partial charge in [-0.15, -0.1) is 0 Å². The van der Waals surface area contributed by atoms with Crippen molar-refractivity contribution in [1.82, 2.24) is 39.9 Å². The molecule has 24 rings (SSSR count). The van der Waals surface area contributed by atoms with Gasteiger partial charge in [-0.1, -0.05) is 479 Å². The molecular formula is C136H97N8O3P3. The Kier molecular flexibility index (Phi) is 28.6. The Morgan fingerprint density at radius 1 is 0.113 bits per heavy atom. The number of benzene rings is 20. The number of nitrogens with zero attached hydrogens (tertiary/aromatic N) is 8. The summed E-state index contributed by atoms with van der Waals surface area (Å²) in [6.45, 7) is 0. The number of aromatic nitrogens is 8. The minimum Gasteiger partial charge on any atom is -0.309 e. The fourth-order valence-corrected chi connectivity index (χ4v) is 27.2. The smallest absolute Gasteiger partial charge is 0.171 e. The Morgan fingerprint density at radius 3 is 0.453 bits per heavy atom. The molecule has 0 saturated heterocycles. The normalized spacial score (nSPS) is 11.3. The molecule has 4 heterocycles. The maximum Gasteiger partial charge on any atom is 0.171 e. The van der Waals surface area contributed by atoms with Crippen LogP contribution in [0.5, 0.6) is 0 Å². The second-order valence-corrected chi connectivity index (χ2v) is 44.6. The van der Waals surface area contributed by atoms with Gasteiger partial charge in [-0.3, -0.25) is 9.97 Å². The second kappa shape index (κ2) is 44.6. The zero-order valence-electron chi connectivity index (χ0n) is 81.6. The first-order valence-electron chi connectivity index (χ1n) is 49.7. The molecule has 0 spiro atoms. The Balaban J connectivity index is 0.000000132. The molecule has 0 bridgehead atoms. The molecule has 0 radical (unpaired) electrons. The first-order valence-corrected chi connectivity index (χ1v) is 54.9. The molecule has 0 N–H and O–H groups in total. The highest BCUT2D eigenvalue weighted by atomic mass is 31.2. The molecule has 24 aromatic rings. The first-order chi connectivity index (χ1) is 73.9. The second-order valence-electron chi connectivity index (χ2n) is 36.3. The lowest BCUT2D eigenvalue weighted by Gasteiger charge is -2.21. The molecule has 11 nitrogen and oxygen atoms in total. The van der Waals surface area contributed by atoms with E-state index in [1.807, 2.05) is 310 Å². The lowest BCUT2D eigenvalue weighted by Crippen LogP contribution is -2.25. The summed E-state index contributed by atoms with van der Waals surface area (Å²) in [4.78, 5) is 39.2. The maximum atomic E-state index is 15.6. The predicted molar refractivity (Wildman–Crippen MR) is 621 cm³/mol. The number of rotatable bonds is 24. The standard InChI is InChI=1S/C57H42N3O3P3.C40H28N2.C39H27N3/c61-64(46-25-7-1-8-26-46,47-27-9-2-10-28-47)52-37-19-22-43(40-52)55-58-56(44-23-20-38-53(41-44)65(62,48-29-11-3-12-30-48)49-31-13-4-14-32-49)60-57(59-55)45-24-21-39-54(42-45)66(63,50-33-15-5-16-34-50)51-35-17-6-18-36-51;1-2-9-29(10-3-1)30-11-4-14-33(21-30)38-24-39(34-15-5-12-31(22-34)36-17-7-19-41-27-36)26-40(25-38)35-16-6-13-32(23-35)37-18-8-20-42-28-37;1-4-13-28(14-5-1)31-19-10-22-34(25-31)37-40-38(35-23-11-20-32(26-35)29-15-6-2-7-16-29)42-39(41-37)36-24-12-21-33(27-36)30-17-8-3-9-18-30/h1-42H;1-28H;1-27H. The van der Waals surface area contributed by atoms with Crippen molar-refractivity contribution in [3.63, 3.8) is 0 Å². The van der Waals surface area contributed by atoms with Crippen molar-refractivity contribution in [3.05, 3.63) is 589 Å². The van der Waals surface area contributed by atoms with E-state index in [1.54, 1.807) is 0 Å². The van der Waals surface area contributed by atoms with Crippen molar-refractivity contribution < 1.29 is 13.7 Å². The summed E-state index contributed by atoms with van der Waals surface area (Å²) >= 11 is 0. The quantitative estimate of drug-likeness (QED) is 0.0531. The monoisotopic (exact) mass is 1980 g/mol. The van der Waals surface area contributed by atoms with Crippen molar-refractivity contribution in [1.29, 1.82) is 0 Å². The highest BCUT2D eigenvalue weighted by molar-refractivity contribution is 7.86. The zero-order valence-corrected chi connectivity index (χ0v) is 84.3. The summed E-state index contributed by atoms with van der Waals surface area (Å²) in [5.74, 6) is 2.98. The highest BCUT2D eigenvalue weighted by Crippen LogP contribution is 2.48. The van der Waals surface area contributed by atoms with Gasteiger partial charge in [0.05, 0.1) is 0 Å². The summed E-state index contributed by atoms with van der Waals surface area (Å²) in [7, 11) is -10.1. The average Bonchev–Trinajstić information content (AvgIpc) is 0.755. The highest BCUT2D eigenvalue weighted by Gasteiger charge is 2.35. The molecule has 0 fully saturated rings. The zero-order chi connectivity index (χ0) is 101. The predicted octanol–water partition coefficient (Wildman–Crippen LogP) is 30.1. The van der Waals surface area contributed by atoms with Crippen LogP contribution >= 0.6 is 21.4 Å². The molecule has 0 aliphatic rings. The minimum atomic E-state index is -3.36. The van der Waals surface area contributed by atoms with Crippen LogP contribution in [0.3, 0.4) is 0 Å². The lowest BCUT2D eigenvalue weighted by atomic mass is 9.90. The first kappa shape index (κ1) is 96.2. The van der Waals surface area contributed by atoms with Crippen LogP contribution in [0.25, 0.3) is 168 Å². The molecule has 14 heteroatoms. The third-order valence-corrected chi connectivity index (χ3v) is 35.9. The molecule has 0 saturated carbocycles. The van der Waals surface area contributed by atoms with Crippen molar-refractivity contribution >= 4 is 69.2 Å². The minimum absolute atomic E-state index is 0.351. The van der Waals surface area contributed by atoms with Crippen molar-refractivity contribution in [2.45, 2.75) is 0 Å². The Bertz CT molecular complexity index is 7730. The van der Waals surface area contributed by atoms with Crippen LogP contribution in [0, 0.1) is 0 Å². The van der Waals surface area contributed by atoms with Crippen LogP contribution < -0.4 is 47.7 Å². The number of pyridine rings is 2. The molecule has 4 aromatic heterocycles. The lowest BCUT2D eigenvalue weighted by molar-refractivity contribution is 0.591. The van der Waals surface area contributed by atoms with Gasteiger partial charge in [0, 0.05) is 117 Å². The summed E-state index contributed by atoms with van der Waals surface area (Å²) in [5, 5.41) is 6.14. The topological polar surface area (TPSA) is 154 Å². The SMILES string of the molecule is O=P(c1ccccc1)(c1ccccc1)c1cccc(-c2nc(-c3cccc(P(=O)(c4ccccc4)c4ccccc4)c3)nc(-c3cccc(P(=O)(c4ccccc4)c4ccccc4)c3)n2)c1.c1ccc(-c2cccc(-c3cc(-c4cccc(-c5cccnc5)c4)cc(-c4cccc(-c5cccnc5)c4)c3)c2)cc1.c1ccc(-c2cccc(-c3nc(-c4cccc(-c5ccccc5)c4)nc(-c4cccc(-c5ccccc5)c4)n3)c2)cc1. The molecule has 0 amide bonds. The van der Waals surface area contributed by atoms with Gasteiger partial charge in [-0.2, -0.15) is 0 Å². The maximum absolute atomic E-state index is 15.6. The van der Waals surface area contributed by atoms with Crippen LogP contribution in [-0.4, -0.2) is 39.9 Å². The van der Waals surface area contributed by atoms with Gasteiger partial charge < -0.3 is 13.7 Å². The number of hydrogen-bond donors (Lipinski definition) is 0. The molecule has 0 atom stereocenters. The summed E-state index contributed by atoms with van der Waals surface area (Å²) in [5.41, 5.74) is 25.5. The van der Waals surface area contributed by atoms with Crippen molar-refractivity contribution in [3.8, 4) is 168 Å². The van der Waals surface area contributed by atoms with Crippen LogP contribution in [0.4, 0.5) is 0 Å². The van der Waals surface area contributed by atoms with Crippen molar-refractivity contribution in [2.75, 3.05) is 0 Å². The van der Waals surface area contributed by atoms with Gasteiger partial charge in [-0.25, -0.2) is 29.9 Å².